The minimum atomic E-state index is -3.41. The van der Waals surface area contributed by atoms with Crippen molar-refractivity contribution in [1.29, 1.82) is 0 Å². The number of nitrogens with zero attached hydrogens (tertiary/aromatic N) is 1. The number of methoxy groups -OCH3 is 2. The second kappa shape index (κ2) is 7.48. The van der Waals surface area contributed by atoms with Crippen molar-refractivity contribution in [1.82, 2.24) is 4.31 Å². The van der Waals surface area contributed by atoms with Gasteiger partial charge in [0.1, 0.15) is 11.5 Å². The maximum Gasteiger partial charge on any atom is 0.218 e. The standard InChI is InChI=1S/C17H21NO4S/c1-18(23(19,20)13-14-7-5-4-6-8-14)12-15-9-10-16(21-2)11-17(15)22-3/h4-11H,12-13H2,1-3H3. The van der Waals surface area contributed by atoms with Gasteiger partial charge in [0.25, 0.3) is 0 Å². The van der Waals surface area contributed by atoms with E-state index in [0.29, 0.717) is 11.5 Å². The van der Waals surface area contributed by atoms with Crippen molar-refractivity contribution in [3.63, 3.8) is 0 Å². The summed E-state index contributed by atoms with van der Waals surface area (Å²) in [5.74, 6) is 1.24. The second-order valence-corrected chi connectivity index (χ2v) is 7.25. The van der Waals surface area contributed by atoms with E-state index in [0.717, 1.165) is 11.1 Å². The zero-order valence-corrected chi connectivity index (χ0v) is 14.3. The van der Waals surface area contributed by atoms with Gasteiger partial charge in [0.15, 0.2) is 0 Å². The summed E-state index contributed by atoms with van der Waals surface area (Å²) in [4.78, 5) is 0. The Hall–Kier alpha value is -2.05. The lowest BCUT2D eigenvalue weighted by Gasteiger charge is -2.19. The zero-order chi connectivity index (χ0) is 16.9. The van der Waals surface area contributed by atoms with Crippen molar-refractivity contribution in [2.75, 3.05) is 21.3 Å². The quantitative estimate of drug-likeness (QED) is 0.780. The number of hydrogen-bond donors (Lipinski definition) is 0. The first-order valence-corrected chi connectivity index (χ1v) is 8.76. The topological polar surface area (TPSA) is 55.8 Å². The van der Waals surface area contributed by atoms with E-state index in [2.05, 4.69) is 0 Å². The van der Waals surface area contributed by atoms with Gasteiger partial charge in [0, 0.05) is 25.2 Å². The highest BCUT2D eigenvalue weighted by atomic mass is 32.2. The van der Waals surface area contributed by atoms with Crippen molar-refractivity contribution >= 4 is 10.0 Å². The Morgan fingerprint density at radius 3 is 2.30 bits per heavy atom. The van der Waals surface area contributed by atoms with Gasteiger partial charge in [-0.15, -0.1) is 0 Å². The van der Waals surface area contributed by atoms with Crippen molar-refractivity contribution in [3.05, 3.63) is 59.7 Å². The fraction of sp³-hybridized carbons (Fsp3) is 0.294. The summed E-state index contributed by atoms with van der Waals surface area (Å²) in [7, 11) is 1.29. The molecule has 2 rings (SSSR count). The van der Waals surface area contributed by atoms with Gasteiger partial charge in [-0.05, 0) is 11.6 Å². The average molecular weight is 335 g/mol. The summed E-state index contributed by atoms with van der Waals surface area (Å²) in [6.45, 7) is 0.238. The molecule has 0 aliphatic carbocycles. The predicted octanol–water partition coefficient (Wildman–Crippen LogP) is 2.67. The maximum atomic E-state index is 12.5. The zero-order valence-electron chi connectivity index (χ0n) is 13.5. The molecule has 5 nitrogen and oxygen atoms in total. The van der Waals surface area contributed by atoms with Crippen LogP contribution in [0.1, 0.15) is 11.1 Å². The lowest BCUT2D eigenvalue weighted by atomic mass is 10.2. The van der Waals surface area contributed by atoms with Crippen LogP contribution in [0, 0.1) is 0 Å². The van der Waals surface area contributed by atoms with Crippen molar-refractivity contribution in [2.24, 2.45) is 0 Å². The number of hydrogen-bond acceptors (Lipinski definition) is 4. The Balaban J connectivity index is 2.16. The molecule has 0 saturated carbocycles. The molecule has 0 atom stereocenters. The molecule has 0 amide bonds. The van der Waals surface area contributed by atoms with Crippen LogP contribution in [-0.4, -0.2) is 34.0 Å². The molecular formula is C17H21NO4S. The van der Waals surface area contributed by atoms with E-state index in [1.54, 1.807) is 45.5 Å². The monoisotopic (exact) mass is 335 g/mol. The van der Waals surface area contributed by atoms with Gasteiger partial charge in [0.05, 0.1) is 20.0 Å². The molecule has 124 valence electrons. The molecule has 0 unspecified atom stereocenters. The van der Waals surface area contributed by atoms with Gasteiger partial charge in [-0.2, -0.15) is 0 Å². The molecule has 0 spiro atoms. The molecule has 0 N–H and O–H groups in total. The van der Waals surface area contributed by atoms with Gasteiger partial charge < -0.3 is 9.47 Å². The Labute approximate surface area is 137 Å². The van der Waals surface area contributed by atoms with E-state index >= 15 is 0 Å². The summed E-state index contributed by atoms with van der Waals surface area (Å²) in [6.07, 6.45) is 0. The predicted molar refractivity (Wildman–Crippen MR) is 90.1 cm³/mol. The Morgan fingerprint density at radius 2 is 1.70 bits per heavy atom. The SMILES string of the molecule is COc1ccc(CN(C)S(=O)(=O)Cc2ccccc2)c(OC)c1. The molecule has 2 aromatic carbocycles. The number of rotatable bonds is 7. The molecule has 0 aliphatic heterocycles. The lowest BCUT2D eigenvalue weighted by Crippen LogP contribution is -2.28. The van der Waals surface area contributed by atoms with Crippen molar-refractivity contribution < 1.29 is 17.9 Å². The third-order valence-electron chi connectivity index (χ3n) is 3.55. The highest BCUT2D eigenvalue weighted by Crippen LogP contribution is 2.26. The third-order valence-corrected chi connectivity index (χ3v) is 5.33. The smallest absolute Gasteiger partial charge is 0.218 e. The number of benzene rings is 2. The molecule has 2 aromatic rings. The Bertz CT molecular complexity index is 744. The first kappa shape index (κ1) is 17.3. The lowest BCUT2D eigenvalue weighted by molar-refractivity contribution is 0.384. The normalized spacial score (nSPS) is 11.5. The van der Waals surface area contributed by atoms with Crippen LogP contribution in [0.3, 0.4) is 0 Å². The van der Waals surface area contributed by atoms with E-state index in [-0.39, 0.29) is 12.3 Å². The molecule has 0 heterocycles. The first-order chi connectivity index (χ1) is 11.0. The Morgan fingerprint density at radius 1 is 1.00 bits per heavy atom. The van der Waals surface area contributed by atoms with Crippen molar-refractivity contribution in [3.8, 4) is 11.5 Å². The van der Waals surface area contributed by atoms with Crippen LogP contribution in [0.15, 0.2) is 48.5 Å². The summed E-state index contributed by atoms with van der Waals surface area (Å²) in [6, 6.07) is 14.5. The van der Waals surface area contributed by atoms with Crippen LogP contribution in [-0.2, 0) is 22.3 Å². The summed E-state index contributed by atoms with van der Waals surface area (Å²) < 4.78 is 36.8. The van der Waals surface area contributed by atoms with Crippen LogP contribution in [0.25, 0.3) is 0 Å². The van der Waals surface area contributed by atoms with Gasteiger partial charge in [-0.25, -0.2) is 12.7 Å². The van der Waals surface area contributed by atoms with Gasteiger partial charge in [-0.1, -0.05) is 36.4 Å². The minimum Gasteiger partial charge on any atom is -0.497 e. The molecular weight excluding hydrogens is 314 g/mol. The molecule has 23 heavy (non-hydrogen) atoms. The van der Waals surface area contributed by atoms with Gasteiger partial charge in [0.2, 0.25) is 10.0 Å². The summed E-state index contributed by atoms with van der Waals surface area (Å²) in [5, 5.41) is 0. The fourth-order valence-corrected chi connectivity index (χ4v) is 3.39. The largest absolute Gasteiger partial charge is 0.497 e. The molecule has 0 aliphatic rings. The molecule has 0 saturated heterocycles. The Kier molecular flexibility index (Phi) is 5.63. The minimum absolute atomic E-state index is 0.0250. The number of sulfonamides is 1. The van der Waals surface area contributed by atoms with Gasteiger partial charge >= 0.3 is 0 Å². The molecule has 0 radical (unpaired) electrons. The van der Waals surface area contributed by atoms with E-state index < -0.39 is 10.0 Å². The highest BCUT2D eigenvalue weighted by Gasteiger charge is 2.20. The van der Waals surface area contributed by atoms with Crippen LogP contribution in [0.2, 0.25) is 0 Å². The number of ether oxygens (including phenoxy) is 2. The van der Waals surface area contributed by atoms with Gasteiger partial charge in [-0.3, -0.25) is 0 Å². The summed E-state index contributed by atoms with van der Waals surface area (Å²) >= 11 is 0. The van der Waals surface area contributed by atoms with Crippen molar-refractivity contribution in [2.45, 2.75) is 12.3 Å². The fourth-order valence-electron chi connectivity index (χ4n) is 2.22. The molecule has 6 heteroatoms. The second-order valence-electron chi connectivity index (χ2n) is 5.18. The van der Waals surface area contributed by atoms with E-state index in [4.69, 9.17) is 9.47 Å². The van der Waals surface area contributed by atoms with E-state index in [1.165, 1.54) is 4.31 Å². The first-order valence-electron chi connectivity index (χ1n) is 7.15. The molecule has 0 bridgehead atoms. The van der Waals surface area contributed by atoms with Crippen LogP contribution >= 0.6 is 0 Å². The third kappa shape index (κ3) is 4.46. The highest BCUT2D eigenvalue weighted by molar-refractivity contribution is 7.88. The average Bonchev–Trinajstić information content (AvgIpc) is 2.55. The van der Waals surface area contributed by atoms with E-state index in [1.807, 2.05) is 24.3 Å². The molecule has 0 fully saturated rings. The van der Waals surface area contributed by atoms with Crippen LogP contribution in [0.4, 0.5) is 0 Å². The van der Waals surface area contributed by atoms with Crippen LogP contribution in [0.5, 0.6) is 11.5 Å². The van der Waals surface area contributed by atoms with Crippen LogP contribution < -0.4 is 9.47 Å². The maximum absolute atomic E-state index is 12.5. The van der Waals surface area contributed by atoms with E-state index in [9.17, 15) is 8.42 Å². The summed E-state index contributed by atoms with van der Waals surface area (Å²) in [5.41, 5.74) is 1.55. The molecule has 0 aromatic heterocycles.